The fraction of sp³-hybridized carbons (Fsp3) is 0.200. The van der Waals surface area contributed by atoms with E-state index in [1.807, 2.05) is 6.92 Å². The predicted molar refractivity (Wildman–Crippen MR) is 100 cm³/mol. The molecule has 0 radical (unpaired) electrons. The predicted octanol–water partition coefficient (Wildman–Crippen LogP) is 3.23. The fourth-order valence-electron chi connectivity index (χ4n) is 2.22. The number of aryl methyl sites for hydroxylation is 1. The molecule has 0 aromatic heterocycles. The topological polar surface area (TPSA) is 72.5 Å². The highest BCUT2D eigenvalue weighted by Gasteiger charge is 2.17. The SMILES string of the molecule is C=C=C[C@H](CCNS(=O)(=O)c1ccc(C)cc1)OC(=O)c1ccccc1. The van der Waals surface area contributed by atoms with Crippen LogP contribution in [-0.4, -0.2) is 27.0 Å². The number of hydrogen-bond donors (Lipinski definition) is 1. The number of sulfonamides is 1. The molecule has 0 aliphatic heterocycles. The van der Waals surface area contributed by atoms with Gasteiger partial charge in [0.05, 0.1) is 10.5 Å². The van der Waals surface area contributed by atoms with Crippen molar-refractivity contribution >= 4 is 16.0 Å². The van der Waals surface area contributed by atoms with Crippen LogP contribution < -0.4 is 4.72 Å². The molecule has 26 heavy (non-hydrogen) atoms. The van der Waals surface area contributed by atoms with Gasteiger partial charge in [0.2, 0.25) is 10.0 Å². The van der Waals surface area contributed by atoms with Crippen molar-refractivity contribution in [3.05, 3.63) is 84.1 Å². The molecule has 0 amide bonds. The molecule has 2 aromatic rings. The number of carbonyl (C=O) groups is 1. The van der Waals surface area contributed by atoms with Gasteiger partial charge >= 0.3 is 5.97 Å². The lowest BCUT2D eigenvalue weighted by molar-refractivity contribution is 0.0384. The van der Waals surface area contributed by atoms with Crippen molar-refractivity contribution in [2.45, 2.75) is 24.3 Å². The molecule has 136 valence electrons. The monoisotopic (exact) mass is 371 g/mol. The van der Waals surface area contributed by atoms with Crippen LogP contribution >= 0.6 is 0 Å². The molecule has 0 saturated heterocycles. The Bertz CT molecular complexity index is 883. The maximum Gasteiger partial charge on any atom is 0.338 e. The van der Waals surface area contributed by atoms with E-state index in [4.69, 9.17) is 4.74 Å². The maximum absolute atomic E-state index is 12.3. The molecule has 0 aliphatic rings. The van der Waals surface area contributed by atoms with Gasteiger partial charge in [-0.3, -0.25) is 0 Å². The van der Waals surface area contributed by atoms with E-state index in [1.165, 1.54) is 6.08 Å². The number of nitrogens with one attached hydrogen (secondary N) is 1. The second-order valence-corrected chi connectivity index (χ2v) is 7.45. The largest absolute Gasteiger partial charge is 0.454 e. The molecule has 2 aromatic carbocycles. The summed E-state index contributed by atoms with van der Waals surface area (Å²) in [6.07, 6.45) is 1.15. The van der Waals surface area contributed by atoms with Crippen molar-refractivity contribution in [1.82, 2.24) is 4.72 Å². The van der Waals surface area contributed by atoms with Gasteiger partial charge < -0.3 is 4.74 Å². The minimum Gasteiger partial charge on any atom is -0.454 e. The first kappa shape index (κ1) is 19.7. The lowest BCUT2D eigenvalue weighted by Crippen LogP contribution is -2.28. The molecule has 5 nitrogen and oxygen atoms in total. The number of carbonyl (C=O) groups excluding carboxylic acids is 1. The zero-order valence-corrected chi connectivity index (χ0v) is 15.3. The van der Waals surface area contributed by atoms with E-state index in [-0.39, 0.29) is 17.9 Å². The fourth-order valence-corrected chi connectivity index (χ4v) is 3.27. The summed E-state index contributed by atoms with van der Waals surface area (Å²) < 4.78 is 32.4. The van der Waals surface area contributed by atoms with Gasteiger partial charge in [-0.2, -0.15) is 0 Å². The molecule has 1 atom stereocenters. The van der Waals surface area contributed by atoms with Crippen LogP contribution in [0.4, 0.5) is 0 Å². The molecule has 1 N–H and O–H groups in total. The normalized spacial score (nSPS) is 12.0. The smallest absolute Gasteiger partial charge is 0.338 e. The van der Waals surface area contributed by atoms with Crippen molar-refractivity contribution in [2.75, 3.05) is 6.54 Å². The summed E-state index contributed by atoms with van der Waals surface area (Å²) >= 11 is 0. The Labute approximate surface area is 154 Å². The van der Waals surface area contributed by atoms with Gasteiger partial charge in [0.25, 0.3) is 0 Å². The lowest BCUT2D eigenvalue weighted by Gasteiger charge is -2.14. The van der Waals surface area contributed by atoms with Crippen molar-refractivity contribution in [1.29, 1.82) is 0 Å². The quantitative estimate of drug-likeness (QED) is 0.571. The summed E-state index contributed by atoms with van der Waals surface area (Å²) in [5, 5.41) is 0. The Morgan fingerprint density at radius 3 is 2.46 bits per heavy atom. The van der Waals surface area contributed by atoms with Crippen LogP contribution in [-0.2, 0) is 14.8 Å². The minimum atomic E-state index is -3.61. The molecule has 0 unspecified atom stereocenters. The van der Waals surface area contributed by atoms with Crippen molar-refractivity contribution in [2.24, 2.45) is 0 Å². The summed E-state index contributed by atoms with van der Waals surface area (Å²) in [4.78, 5) is 12.3. The number of benzene rings is 2. The third-order valence-electron chi connectivity index (χ3n) is 3.62. The lowest BCUT2D eigenvalue weighted by atomic mass is 10.2. The first-order valence-corrected chi connectivity index (χ1v) is 9.59. The van der Waals surface area contributed by atoms with Crippen LogP contribution in [0.3, 0.4) is 0 Å². The van der Waals surface area contributed by atoms with E-state index in [1.54, 1.807) is 54.6 Å². The number of rotatable bonds is 8. The van der Waals surface area contributed by atoms with Gasteiger partial charge in [0.1, 0.15) is 6.10 Å². The Hall–Kier alpha value is -2.66. The number of hydrogen-bond acceptors (Lipinski definition) is 4. The summed E-state index contributed by atoms with van der Waals surface area (Å²) in [5.41, 5.74) is 3.99. The van der Waals surface area contributed by atoms with E-state index >= 15 is 0 Å². The van der Waals surface area contributed by atoms with Crippen LogP contribution in [0.15, 0.2) is 77.9 Å². The summed E-state index contributed by atoms with van der Waals surface area (Å²) in [5.74, 6) is -0.483. The van der Waals surface area contributed by atoms with Crippen LogP contribution in [0.1, 0.15) is 22.3 Å². The van der Waals surface area contributed by atoms with E-state index in [9.17, 15) is 13.2 Å². The molecule has 0 saturated carbocycles. The molecule has 2 rings (SSSR count). The highest BCUT2D eigenvalue weighted by molar-refractivity contribution is 7.89. The van der Waals surface area contributed by atoms with Gasteiger partial charge in [-0.15, -0.1) is 5.73 Å². The third kappa shape index (κ3) is 5.70. The summed E-state index contributed by atoms with van der Waals surface area (Å²) in [6, 6.07) is 15.2. The van der Waals surface area contributed by atoms with Gasteiger partial charge in [-0.05, 0) is 37.3 Å². The van der Waals surface area contributed by atoms with Crippen LogP contribution in [0.2, 0.25) is 0 Å². The highest BCUT2D eigenvalue weighted by atomic mass is 32.2. The van der Waals surface area contributed by atoms with Crippen LogP contribution in [0, 0.1) is 6.92 Å². The first-order chi connectivity index (χ1) is 12.4. The first-order valence-electron chi connectivity index (χ1n) is 8.10. The Balaban J connectivity index is 1.95. The summed E-state index contributed by atoms with van der Waals surface area (Å²) in [6.45, 7) is 5.48. The highest BCUT2D eigenvalue weighted by Crippen LogP contribution is 2.11. The minimum absolute atomic E-state index is 0.112. The average Bonchev–Trinajstić information content (AvgIpc) is 2.63. The molecule has 0 spiro atoms. The molecule has 0 bridgehead atoms. The van der Waals surface area contributed by atoms with Crippen LogP contribution in [0.5, 0.6) is 0 Å². The van der Waals surface area contributed by atoms with Gasteiger partial charge in [0.15, 0.2) is 0 Å². The maximum atomic E-state index is 12.3. The van der Waals surface area contributed by atoms with Crippen molar-refractivity contribution < 1.29 is 17.9 Å². The van der Waals surface area contributed by atoms with Crippen LogP contribution in [0.25, 0.3) is 0 Å². The Kier molecular flexibility index (Phi) is 6.92. The zero-order chi connectivity index (χ0) is 19.0. The zero-order valence-electron chi connectivity index (χ0n) is 14.5. The second kappa shape index (κ2) is 9.15. The van der Waals surface area contributed by atoms with Crippen molar-refractivity contribution in [3.63, 3.8) is 0 Å². The van der Waals surface area contributed by atoms with E-state index in [0.717, 1.165) is 5.56 Å². The van der Waals surface area contributed by atoms with Gasteiger partial charge in [0, 0.05) is 13.0 Å². The van der Waals surface area contributed by atoms with E-state index < -0.39 is 22.1 Å². The Morgan fingerprint density at radius 1 is 1.19 bits per heavy atom. The summed E-state index contributed by atoms with van der Waals surface area (Å²) in [7, 11) is -3.61. The number of esters is 1. The van der Waals surface area contributed by atoms with Gasteiger partial charge in [-0.25, -0.2) is 17.9 Å². The third-order valence-corrected chi connectivity index (χ3v) is 5.10. The average molecular weight is 371 g/mol. The molecule has 0 aliphatic carbocycles. The molecular formula is C20H21NO4S. The van der Waals surface area contributed by atoms with E-state index in [0.29, 0.717) is 5.56 Å². The Morgan fingerprint density at radius 2 is 1.85 bits per heavy atom. The molecule has 0 fully saturated rings. The standard InChI is InChI=1S/C20H21NO4S/c1-3-7-18(25-20(22)17-8-5-4-6-9-17)14-15-21-26(23,24)19-12-10-16(2)11-13-19/h4-13,18,21H,1,14-15H2,2H3/t18-/m1/s1. The molecular weight excluding hydrogens is 350 g/mol. The number of ether oxygens (including phenoxy) is 1. The van der Waals surface area contributed by atoms with E-state index in [2.05, 4.69) is 17.0 Å². The van der Waals surface area contributed by atoms with Gasteiger partial charge in [-0.1, -0.05) is 42.5 Å². The van der Waals surface area contributed by atoms with Crippen molar-refractivity contribution in [3.8, 4) is 0 Å². The molecule has 0 heterocycles. The second-order valence-electron chi connectivity index (χ2n) is 5.68. The molecule has 6 heteroatoms.